The number of H-pyrrole nitrogens is 1. The molecule has 0 bridgehead atoms. The Kier molecular flexibility index (Phi) is 12.8. The van der Waals surface area contributed by atoms with Crippen molar-refractivity contribution in [1.29, 1.82) is 0 Å². The van der Waals surface area contributed by atoms with Crippen LogP contribution >= 0.6 is 11.8 Å². The molecule has 5 atom stereocenters. The van der Waals surface area contributed by atoms with E-state index in [0.717, 1.165) is 10.9 Å². The van der Waals surface area contributed by atoms with Crippen molar-refractivity contribution in [3.63, 3.8) is 0 Å². The number of nitrogens with one attached hydrogen (secondary N) is 6. The number of benzene rings is 1. The zero-order valence-corrected chi connectivity index (χ0v) is 27.1. The lowest BCUT2D eigenvalue weighted by molar-refractivity contribution is -0.141. The quantitative estimate of drug-likeness (QED) is 0.199. The monoisotopic (exact) mass is 644 g/mol. The van der Waals surface area contributed by atoms with E-state index in [1.165, 1.54) is 11.8 Å². The van der Waals surface area contributed by atoms with Gasteiger partial charge in [0.25, 0.3) is 0 Å². The van der Waals surface area contributed by atoms with Crippen LogP contribution in [-0.4, -0.2) is 87.8 Å². The first-order valence-electron chi connectivity index (χ1n) is 15.1. The summed E-state index contributed by atoms with van der Waals surface area (Å²) in [6.07, 6.45) is 3.24. The Bertz CT molecular complexity index is 1390. The van der Waals surface area contributed by atoms with Crippen LogP contribution in [0.25, 0.3) is 10.9 Å². The molecule has 0 radical (unpaired) electrons. The van der Waals surface area contributed by atoms with Crippen molar-refractivity contribution < 1.29 is 33.9 Å². The lowest BCUT2D eigenvalue weighted by Gasteiger charge is -2.28. The lowest BCUT2D eigenvalue weighted by Crippen LogP contribution is -2.59. The lowest BCUT2D eigenvalue weighted by atomic mass is 9.98. The van der Waals surface area contributed by atoms with Crippen molar-refractivity contribution in [3.8, 4) is 0 Å². The molecule has 5 amide bonds. The molecular weight excluding hydrogens is 600 g/mol. The number of aromatic amines is 1. The smallest absolute Gasteiger partial charge is 0.305 e. The van der Waals surface area contributed by atoms with Gasteiger partial charge in [-0.25, -0.2) is 0 Å². The van der Waals surface area contributed by atoms with Crippen LogP contribution in [0.15, 0.2) is 30.5 Å². The van der Waals surface area contributed by atoms with Crippen LogP contribution in [0, 0.1) is 11.8 Å². The molecule has 0 unspecified atom stereocenters. The summed E-state index contributed by atoms with van der Waals surface area (Å²) < 4.78 is 0. The standard InChI is InChI=1S/C31H44N6O7S/c1-16(2)12-22-28(41)34-23(13-18-15-32-20-9-7-6-8-19(18)20)29(42)35-24(14-25(38)39)30(43)33-21(10-11-45-5)27(40)37-26(17(3)4)31(44)36-22/h6-9,15-17,21-24,26,32H,10-14H2,1-5H3,(H,33,43)(H,34,41)(H,35,42)(H,36,44)(H,37,40)(H,38,39)/t21-,22-,23+,24+,26+/m0/s1. The average Bonchev–Trinajstić information content (AvgIpc) is 3.38. The number of aromatic nitrogens is 1. The van der Waals surface area contributed by atoms with Crippen LogP contribution in [0.1, 0.15) is 52.5 Å². The van der Waals surface area contributed by atoms with Gasteiger partial charge in [0.1, 0.15) is 30.2 Å². The number of hydrogen-bond acceptors (Lipinski definition) is 7. The molecule has 0 aliphatic carbocycles. The highest BCUT2D eigenvalue weighted by Gasteiger charge is 2.36. The third-order valence-electron chi connectivity index (χ3n) is 7.57. The van der Waals surface area contributed by atoms with Gasteiger partial charge >= 0.3 is 5.97 Å². The number of aliphatic carboxylic acids is 1. The molecule has 1 saturated heterocycles. The maximum Gasteiger partial charge on any atom is 0.305 e. The number of thioether (sulfide) groups is 1. The van der Waals surface area contributed by atoms with Gasteiger partial charge in [-0.3, -0.25) is 28.8 Å². The van der Waals surface area contributed by atoms with Crippen molar-refractivity contribution in [2.75, 3.05) is 12.0 Å². The molecule has 0 spiro atoms. The molecule has 1 aromatic carbocycles. The van der Waals surface area contributed by atoms with Crippen molar-refractivity contribution in [1.82, 2.24) is 31.6 Å². The molecule has 45 heavy (non-hydrogen) atoms. The molecule has 14 heteroatoms. The summed E-state index contributed by atoms with van der Waals surface area (Å²) in [6, 6.07) is 1.46. The Morgan fingerprint density at radius 1 is 0.800 bits per heavy atom. The molecule has 0 saturated carbocycles. The molecule has 2 heterocycles. The van der Waals surface area contributed by atoms with Crippen LogP contribution in [0.5, 0.6) is 0 Å². The second-order valence-corrected chi connectivity index (χ2v) is 13.0. The summed E-state index contributed by atoms with van der Waals surface area (Å²) in [4.78, 5) is 82.8. The van der Waals surface area contributed by atoms with Gasteiger partial charge in [-0.15, -0.1) is 0 Å². The molecular formula is C31H44N6O7S. The van der Waals surface area contributed by atoms with Gasteiger partial charge in [0.15, 0.2) is 0 Å². The largest absolute Gasteiger partial charge is 0.481 e. The average molecular weight is 645 g/mol. The minimum atomic E-state index is -1.54. The van der Waals surface area contributed by atoms with E-state index in [2.05, 4.69) is 31.6 Å². The van der Waals surface area contributed by atoms with Gasteiger partial charge < -0.3 is 36.7 Å². The highest BCUT2D eigenvalue weighted by Crippen LogP contribution is 2.20. The SMILES string of the molecule is CSCC[C@@H]1NC(=O)[C@@H](CC(=O)O)NC(=O)[C@@H](Cc2c[nH]c3ccccc23)NC(=O)[C@H](CC(C)C)NC(=O)[C@@H](C(C)C)NC1=O. The summed E-state index contributed by atoms with van der Waals surface area (Å²) in [7, 11) is 0. The van der Waals surface area contributed by atoms with E-state index < -0.39 is 72.1 Å². The number of hydrogen-bond donors (Lipinski definition) is 7. The number of carboxylic acid groups (broad SMARTS) is 1. The number of rotatable bonds is 10. The minimum Gasteiger partial charge on any atom is -0.481 e. The number of amides is 5. The molecule has 2 aromatic rings. The topological polar surface area (TPSA) is 199 Å². The van der Waals surface area contributed by atoms with E-state index in [9.17, 15) is 33.9 Å². The number of carboxylic acids is 1. The van der Waals surface area contributed by atoms with Crippen molar-refractivity contribution in [2.45, 2.75) is 83.6 Å². The summed E-state index contributed by atoms with van der Waals surface area (Å²) in [5.41, 5.74) is 1.53. The number of para-hydroxylation sites is 1. The van der Waals surface area contributed by atoms with Crippen molar-refractivity contribution in [2.24, 2.45) is 11.8 Å². The first kappa shape index (κ1) is 35.4. The Morgan fingerprint density at radius 3 is 2.02 bits per heavy atom. The van der Waals surface area contributed by atoms with Crippen molar-refractivity contribution >= 4 is 58.2 Å². The van der Waals surface area contributed by atoms with Crippen LogP contribution in [0.2, 0.25) is 0 Å². The zero-order valence-electron chi connectivity index (χ0n) is 26.3. The van der Waals surface area contributed by atoms with Gasteiger partial charge in [-0.05, 0) is 48.3 Å². The van der Waals surface area contributed by atoms with Gasteiger partial charge in [0, 0.05) is 23.5 Å². The molecule has 246 valence electrons. The zero-order chi connectivity index (χ0) is 33.3. The summed E-state index contributed by atoms with van der Waals surface area (Å²) in [5.74, 6) is -4.76. The fraction of sp³-hybridized carbons (Fsp3) is 0.548. The van der Waals surface area contributed by atoms with E-state index in [1.54, 1.807) is 20.0 Å². The second kappa shape index (κ2) is 16.3. The van der Waals surface area contributed by atoms with Crippen molar-refractivity contribution in [3.05, 3.63) is 36.0 Å². The predicted molar refractivity (Wildman–Crippen MR) is 171 cm³/mol. The van der Waals surface area contributed by atoms with Gasteiger partial charge in [-0.2, -0.15) is 11.8 Å². The summed E-state index contributed by atoms with van der Waals surface area (Å²) in [6.45, 7) is 7.26. The van der Waals surface area contributed by atoms with Gasteiger partial charge in [0.05, 0.1) is 6.42 Å². The first-order chi connectivity index (χ1) is 21.3. The van der Waals surface area contributed by atoms with E-state index >= 15 is 0 Å². The molecule has 3 rings (SSSR count). The van der Waals surface area contributed by atoms with Crippen LogP contribution in [0.4, 0.5) is 0 Å². The van der Waals surface area contributed by atoms with Gasteiger partial charge in [0.2, 0.25) is 29.5 Å². The highest BCUT2D eigenvalue weighted by atomic mass is 32.2. The Hall–Kier alpha value is -4.07. The maximum absolute atomic E-state index is 13.8. The third kappa shape index (κ3) is 9.96. The molecule has 1 aromatic heterocycles. The second-order valence-electron chi connectivity index (χ2n) is 12.0. The maximum atomic E-state index is 13.8. The molecule has 1 fully saturated rings. The van der Waals surface area contributed by atoms with Crippen LogP contribution < -0.4 is 26.6 Å². The predicted octanol–water partition coefficient (Wildman–Crippen LogP) is 1.08. The fourth-order valence-corrected chi connectivity index (χ4v) is 5.66. The Morgan fingerprint density at radius 2 is 1.38 bits per heavy atom. The van der Waals surface area contributed by atoms with Crippen LogP contribution in [0.3, 0.4) is 0 Å². The Balaban J connectivity index is 2.08. The van der Waals surface area contributed by atoms with E-state index in [4.69, 9.17) is 0 Å². The molecule has 1 aliphatic heterocycles. The highest BCUT2D eigenvalue weighted by molar-refractivity contribution is 7.98. The molecule has 13 nitrogen and oxygen atoms in total. The first-order valence-corrected chi connectivity index (χ1v) is 16.5. The minimum absolute atomic E-state index is 0.0103. The number of carbonyl (C=O) groups is 6. The van der Waals surface area contributed by atoms with E-state index in [-0.39, 0.29) is 31.1 Å². The normalized spacial score (nSPS) is 23.9. The van der Waals surface area contributed by atoms with Crippen LogP contribution in [-0.2, 0) is 35.2 Å². The Labute approximate surface area is 266 Å². The summed E-state index contributed by atoms with van der Waals surface area (Å²) in [5, 5.41) is 23.7. The molecule has 1 aliphatic rings. The molecule has 7 N–H and O–H groups in total. The van der Waals surface area contributed by atoms with E-state index in [1.807, 2.05) is 44.4 Å². The van der Waals surface area contributed by atoms with E-state index in [0.29, 0.717) is 11.3 Å². The summed E-state index contributed by atoms with van der Waals surface area (Å²) >= 11 is 1.44. The third-order valence-corrected chi connectivity index (χ3v) is 8.22. The fourth-order valence-electron chi connectivity index (χ4n) is 5.19. The number of carbonyl (C=O) groups excluding carboxylic acids is 5. The number of fused-ring (bicyclic) bond motifs is 1. The van der Waals surface area contributed by atoms with Gasteiger partial charge in [-0.1, -0.05) is 45.9 Å².